The number of likely N-dealkylation sites (tertiary alicyclic amines) is 1. The maximum Gasteiger partial charge on any atom is 0.251 e. The van der Waals surface area contributed by atoms with Crippen LogP contribution in [-0.4, -0.2) is 41.7 Å². The van der Waals surface area contributed by atoms with Crippen LogP contribution in [0.1, 0.15) is 45.8 Å². The Morgan fingerprint density at radius 3 is 2.74 bits per heavy atom. The van der Waals surface area contributed by atoms with E-state index >= 15 is 0 Å². The van der Waals surface area contributed by atoms with Crippen molar-refractivity contribution in [3.05, 3.63) is 70.5 Å². The van der Waals surface area contributed by atoms with Gasteiger partial charge in [0.1, 0.15) is 5.82 Å². The highest BCUT2D eigenvalue weighted by atomic mass is 19.1. The maximum atomic E-state index is 13.3. The average Bonchev–Trinajstić information content (AvgIpc) is 3.04. The van der Waals surface area contributed by atoms with Gasteiger partial charge in [-0.1, -0.05) is 24.3 Å². The van der Waals surface area contributed by atoms with Crippen LogP contribution in [0.15, 0.2) is 42.5 Å². The van der Waals surface area contributed by atoms with Gasteiger partial charge in [0, 0.05) is 18.7 Å². The number of fused-ring (bicyclic) bond motifs is 1. The van der Waals surface area contributed by atoms with E-state index in [2.05, 4.69) is 16.3 Å². The Balaban J connectivity index is 1.32. The SMILES string of the molecule is O=C1NCc2c1cccc2C1CCN(CC(O)Cc2cccc(F)c2)CC1. The summed E-state index contributed by atoms with van der Waals surface area (Å²) in [5, 5.41) is 13.3. The Morgan fingerprint density at radius 1 is 1.19 bits per heavy atom. The van der Waals surface area contributed by atoms with E-state index in [1.165, 1.54) is 17.7 Å². The number of carbonyl (C=O) groups excluding carboxylic acids is 1. The van der Waals surface area contributed by atoms with Crippen LogP contribution in [-0.2, 0) is 13.0 Å². The standard InChI is InChI=1S/C22H25FN2O2/c23-17-4-1-3-15(11-17)12-18(26)14-25-9-7-16(8-10-25)19-5-2-6-20-21(19)13-24-22(20)27/h1-6,11,16,18,26H,7-10,12-14H2,(H,24,27). The fraction of sp³-hybridized carbons (Fsp3) is 0.409. The van der Waals surface area contributed by atoms with Gasteiger partial charge in [-0.25, -0.2) is 4.39 Å². The Morgan fingerprint density at radius 2 is 1.96 bits per heavy atom. The first-order valence-electron chi connectivity index (χ1n) is 9.65. The number of β-amino-alcohol motifs (C(OH)–C–C–N with tert-alkyl or cyclic N) is 1. The second-order valence-corrected chi connectivity index (χ2v) is 7.62. The Kier molecular flexibility index (Phi) is 5.23. The summed E-state index contributed by atoms with van der Waals surface area (Å²) in [6.07, 6.45) is 2.03. The van der Waals surface area contributed by atoms with Crippen molar-refractivity contribution < 1.29 is 14.3 Å². The molecule has 0 radical (unpaired) electrons. The fourth-order valence-corrected chi connectivity index (χ4v) is 4.39. The van der Waals surface area contributed by atoms with Gasteiger partial charge in [0.05, 0.1) is 6.10 Å². The number of aliphatic hydroxyl groups excluding tert-OH is 1. The van der Waals surface area contributed by atoms with Crippen molar-refractivity contribution >= 4 is 5.91 Å². The zero-order valence-corrected chi connectivity index (χ0v) is 15.3. The van der Waals surface area contributed by atoms with Crippen LogP contribution in [0.25, 0.3) is 0 Å². The molecule has 1 unspecified atom stereocenters. The normalized spacial score (nSPS) is 19.0. The van der Waals surface area contributed by atoms with E-state index in [9.17, 15) is 14.3 Å². The molecule has 5 heteroatoms. The van der Waals surface area contributed by atoms with E-state index in [1.54, 1.807) is 6.07 Å². The molecule has 1 fully saturated rings. The second kappa shape index (κ2) is 7.79. The summed E-state index contributed by atoms with van der Waals surface area (Å²) in [6, 6.07) is 12.5. The molecule has 2 heterocycles. The lowest BCUT2D eigenvalue weighted by Gasteiger charge is -2.34. The van der Waals surface area contributed by atoms with E-state index in [1.807, 2.05) is 18.2 Å². The zero-order chi connectivity index (χ0) is 18.8. The summed E-state index contributed by atoms with van der Waals surface area (Å²) in [5.41, 5.74) is 4.10. The van der Waals surface area contributed by atoms with E-state index in [0.29, 0.717) is 25.4 Å². The molecule has 27 heavy (non-hydrogen) atoms. The van der Waals surface area contributed by atoms with Crippen LogP contribution in [0.2, 0.25) is 0 Å². The number of hydrogen-bond acceptors (Lipinski definition) is 3. The molecule has 0 aliphatic carbocycles. The molecule has 1 amide bonds. The minimum absolute atomic E-state index is 0.0322. The van der Waals surface area contributed by atoms with Gasteiger partial charge in [-0.3, -0.25) is 4.79 Å². The molecular weight excluding hydrogens is 343 g/mol. The first kappa shape index (κ1) is 18.1. The molecule has 2 N–H and O–H groups in total. The molecule has 0 saturated carbocycles. The van der Waals surface area contributed by atoms with E-state index < -0.39 is 6.10 Å². The van der Waals surface area contributed by atoms with Crippen LogP contribution < -0.4 is 5.32 Å². The molecule has 2 aliphatic heterocycles. The topological polar surface area (TPSA) is 52.6 Å². The van der Waals surface area contributed by atoms with E-state index in [4.69, 9.17) is 0 Å². The molecule has 2 aliphatic rings. The minimum atomic E-state index is -0.494. The third-order valence-corrected chi connectivity index (χ3v) is 5.74. The van der Waals surface area contributed by atoms with Gasteiger partial charge >= 0.3 is 0 Å². The Hall–Kier alpha value is -2.24. The van der Waals surface area contributed by atoms with Crippen molar-refractivity contribution in [2.75, 3.05) is 19.6 Å². The van der Waals surface area contributed by atoms with Gasteiger partial charge < -0.3 is 15.3 Å². The van der Waals surface area contributed by atoms with Gasteiger partial charge in [-0.15, -0.1) is 0 Å². The summed E-state index contributed by atoms with van der Waals surface area (Å²) in [5.74, 6) is 0.234. The lowest BCUT2D eigenvalue weighted by Crippen LogP contribution is -2.39. The average molecular weight is 368 g/mol. The van der Waals surface area contributed by atoms with Gasteiger partial charge in [-0.2, -0.15) is 0 Å². The molecule has 4 rings (SSSR count). The molecule has 0 spiro atoms. The maximum absolute atomic E-state index is 13.3. The number of aliphatic hydroxyl groups is 1. The predicted octanol–water partition coefficient (Wildman–Crippen LogP) is 2.85. The summed E-state index contributed by atoms with van der Waals surface area (Å²) < 4.78 is 13.3. The Labute approximate surface area is 159 Å². The van der Waals surface area contributed by atoms with Crippen LogP contribution in [0, 0.1) is 5.82 Å². The van der Waals surface area contributed by atoms with Crippen LogP contribution >= 0.6 is 0 Å². The van der Waals surface area contributed by atoms with Crippen LogP contribution in [0.5, 0.6) is 0 Å². The largest absolute Gasteiger partial charge is 0.391 e. The number of rotatable bonds is 5. The van der Waals surface area contributed by atoms with Gasteiger partial charge in [0.25, 0.3) is 5.91 Å². The highest BCUT2D eigenvalue weighted by Gasteiger charge is 2.28. The van der Waals surface area contributed by atoms with Crippen LogP contribution in [0.3, 0.4) is 0 Å². The van der Waals surface area contributed by atoms with Crippen molar-refractivity contribution in [2.24, 2.45) is 0 Å². The number of nitrogens with zero attached hydrogens (tertiary/aromatic N) is 1. The van der Waals surface area contributed by atoms with Crippen molar-refractivity contribution in [2.45, 2.75) is 37.8 Å². The number of piperidine rings is 1. The number of amides is 1. The summed E-state index contributed by atoms with van der Waals surface area (Å²) in [4.78, 5) is 14.2. The molecule has 4 nitrogen and oxygen atoms in total. The molecule has 0 aromatic heterocycles. The summed E-state index contributed by atoms with van der Waals surface area (Å²) in [7, 11) is 0. The van der Waals surface area contributed by atoms with E-state index in [-0.39, 0.29) is 11.7 Å². The smallest absolute Gasteiger partial charge is 0.251 e. The molecule has 2 aromatic carbocycles. The van der Waals surface area contributed by atoms with Crippen molar-refractivity contribution in [3.8, 4) is 0 Å². The van der Waals surface area contributed by atoms with E-state index in [0.717, 1.165) is 42.6 Å². The lowest BCUT2D eigenvalue weighted by molar-refractivity contribution is 0.0963. The molecular formula is C22H25FN2O2. The molecule has 1 atom stereocenters. The summed E-state index contributed by atoms with van der Waals surface area (Å²) in [6.45, 7) is 3.10. The van der Waals surface area contributed by atoms with Gasteiger partial charge in [-0.05, 0) is 73.2 Å². The van der Waals surface area contributed by atoms with Gasteiger partial charge in [0.2, 0.25) is 0 Å². The highest BCUT2D eigenvalue weighted by Crippen LogP contribution is 2.33. The first-order chi connectivity index (χ1) is 13.1. The quantitative estimate of drug-likeness (QED) is 0.853. The number of carbonyl (C=O) groups is 1. The molecule has 0 bridgehead atoms. The minimum Gasteiger partial charge on any atom is -0.391 e. The summed E-state index contributed by atoms with van der Waals surface area (Å²) >= 11 is 0. The third kappa shape index (κ3) is 4.04. The number of benzene rings is 2. The molecule has 2 aromatic rings. The fourth-order valence-electron chi connectivity index (χ4n) is 4.39. The molecule has 142 valence electrons. The van der Waals surface area contributed by atoms with Crippen molar-refractivity contribution in [1.82, 2.24) is 10.2 Å². The first-order valence-corrected chi connectivity index (χ1v) is 9.65. The monoisotopic (exact) mass is 368 g/mol. The van der Waals surface area contributed by atoms with Crippen LogP contribution in [0.4, 0.5) is 4.39 Å². The molecule has 1 saturated heterocycles. The van der Waals surface area contributed by atoms with Crippen molar-refractivity contribution in [1.29, 1.82) is 0 Å². The second-order valence-electron chi connectivity index (χ2n) is 7.62. The predicted molar refractivity (Wildman–Crippen MR) is 102 cm³/mol. The Bertz CT molecular complexity index is 831. The van der Waals surface area contributed by atoms with Gasteiger partial charge in [0.15, 0.2) is 0 Å². The zero-order valence-electron chi connectivity index (χ0n) is 15.3. The van der Waals surface area contributed by atoms with Crippen molar-refractivity contribution in [3.63, 3.8) is 0 Å². The highest BCUT2D eigenvalue weighted by molar-refractivity contribution is 5.98. The third-order valence-electron chi connectivity index (χ3n) is 5.74. The lowest BCUT2D eigenvalue weighted by atomic mass is 9.85. The number of halogens is 1. The number of hydrogen-bond donors (Lipinski definition) is 2. The number of nitrogens with one attached hydrogen (secondary N) is 1.